The molecule has 0 aliphatic heterocycles. The van der Waals surface area contributed by atoms with Crippen molar-refractivity contribution in [2.24, 2.45) is 0 Å². The zero-order valence-electron chi connectivity index (χ0n) is 12.2. The van der Waals surface area contributed by atoms with Gasteiger partial charge in [-0.05, 0) is 30.7 Å². The molecule has 2 rings (SSSR count). The standard InChI is InChI=1S/C17H19NO2S/c1-3-14(17(19)20)18(2)15-11-7-8-12-16(15)21-13-9-5-4-6-10-13/h4-12,14H,3H2,1-2H3,(H,19,20)/t14-/m1/s1. The molecule has 0 bridgehead atoms. The van der Waals surface area contributed by atoms with Crippen LogP contribution in [0.2, 0.25) is 0 Å². The van der Waals surface area contributed by atoms with Gasteiger partial charge in [0.25, 0.3) is 0 Å². The van der Waals surface area contributed by atoms with Crippen LogP contribution in [0.1, 0.15) is 13.3 Å². The lowest BCUT2D eigenvalue weighted by molar-refractivity contribution is -0.138. The first-order chi connectivity index (χ1) is 10.1. The van der Waals surface area contributed by atoms with Crippen LogP contribution in [0.5, 0.6) is 0 Å². The third kappa shape index (κ3) is 3.79. The van der Waals surface area contributed by atoms with Crippen LogP contribution < -0.4 is 4.90 Å². The number of likely N-dealkylation sites (N-methyl/N-ethyl adjacent to an activating group) is 1. The molecule has 21 heavy (non-hydrogen) atoms. The van der Waals surface area contributed by atoms with Crippen LogP contribution in [0.15, 0.2) is 64.4 Å². The molecule has 0 amide bonds. The second-order valence-corrected chi connectivity index (χ2v) is 5.87. The van der Waals surface area contributed by atoms with Crippen LogP contribution in [0.25, 0.3) is 0 Å². The molecule has 2 aromatic rings. The average Bonchev–Trinajstić information content (AvgIpc) is 2.49. The Kier molecular flexibility index (Phi) is 5.28. The van der Waals surface area contributed by atoms with Crippen molar-refractivity contribution < 1.29 is 9.90 Å². The predicted octanol–water partition coefficient (Wildman–Crippen LogP) is 4.14. The molecule has 0 unspecified atom stereocenters. The van der Waals surface area contributed by atoms with E-state index in [0.717, 1.165) is 15.5 Å². The first-order valence-corrected chi connectivity index (χ1v) is 7.72. The van der Waals surface area contributed by atoms with E-state index in [9.17, 15) is 9.90 Å². The number of rotatable bonds is 6. The number of para-hydroxylation sites is 1. The Morgan fingerprint density at radius 1 is 1.14 bits per heavy atom. The minimum Gasteiger partial charge on any atom is -0.480 e. The van der Waals surface area contributed by atoms with Crippen LogP contribution in [0.3, 0.4) is 0 Å². The highest BCUT2D eigenvalue weighted by molar-refractivity contribution is 7.99. The minimum absolute atomic E-state index is 0.512. The highest BCUT2D eigenvalue weighted by Crippen LogP contribution is 2.35. The van der Waals surface area contributed by atoms with E-state index in [1.54, 1.807) is 11.8 Å². The molecule has 4 heteroatoms. The van der Waals surface area contributed by atoms with Crippen molar-refractivity contribution in [1.82, 2.24) is 0 Å². The van der Waals surface area contributed by atoms with Crippen LogP contribution in [0, 0.1) is 0 Å². The second-order valence-electron chi connectivity index (χ2n) is 4.76. The fourth-order valence-electron chi connectivity index (χ4n) is 2.23. The summed E-state index contributed by atoms with van der Waals surface area (Å²) in [6, 6.07) is 17.5. The van der Waals surface area contributed by atoms with Gasteiger partial charge in [0.05, 0.1) is 5.69 Å². The fraction of sp³-hybridized carbons (Fsp3) is 0.235. The SMILES string of the molecule is CC[C@H](C(=O)O)N(C)c1ccccc1Sc1ccccc1. The number of hydrogen-bond acceptors (Lipinski definition) is 3. The third-order valence-corrected chi connectivity index (χ3v) is 4.43. The number of aliphatic carboxylic acids is 1. The highest BCUT2D eigenvalue weighted by Gasteiger charge is 2.22. The van der Waals surface area contributed by atoms with Gasteiger partial charge in [-0.15, -0.1) is 0 Å². The lowest BCUT2D eigenvalue weighted by atomic mass is 10.2. The summed E-state index contributed by atoms with van der Waals surface area (Å²) < 4.78 is 0. The molecule has 0 aliphatic carbocycles. The van der Waals surface area contributed by atoms with Crippen LogP contribution in [0.4, 0.5) is 5.69 Å². The van der Waals surface area contributed by atoms with Crippen molar-refractivity contribution in [3.05, 3.63) is 54.6 Å². The Hall–Kier alpha value is -1.94. The van der Waals surface area contributed by atoms with Gasteiger partial charge in [0.15, 0.2) is 0 Å². The van der Waals surface area contributed by atoms with Crippen LogP contribution in [-0.4, -0.2) is 24.2 Å². The van der Waals surface area contributed by atoms with Gasteiger partial charge in [0, 0.05) is 16.8 Å². The molecule has 0 aromatic heterocycles. The molecule has 110 valence electrons. The number of hydrogen-bond donors (Lipinski definition) is 1. The van der Waals surface area contributed by atoms with Crippen molar-refractivity contribution in [3.63, 3.8) is 0 Å². The predicted molar refractivity (Wildman–Crippen MR) is 87.1 cm³/mol. The molecule has 0 fully saturated rings. The van der Waals surface area contributed by atoms with E-state index in [2.05, 4.69) is 12.1 Å². The molecule has 0 spiro atoms. The quantitative estimate of drug-likeness (QED) is 0.870. The van der Waals surface area contributed by atoms with Gasteiger partial charge in [-0.2, -0.15) is 0 Å². The summed E-state index contributed by atoms with van der Waals surface area (Å²) in [7, 11) is 1.84. The van der Waals surface area contributed by atoms with E-state index < -0.39 is 12.0 Å². The number of carboxylic acids is 1. The summed E-state index contributed by atoms with van der Waals surface area (Å²) in [4.78, 5) is 15.4. The highest BCUT2D eigenvalue weighted by atomic mass is 32.2. The first-order valence-electron chi connectivity index (χ1n) is 6.91. The molecule has 0 radical (unpaired) electrons. The number of carbonyl (C=O) groups is 1. The smallest absolute Gasteiger partial charge is 0.326 e. The van der Waals surface area contributed by atoms with Crippen molar-refractivity contribution >= 4 is 23.4 Å². The lowest BCUT2D eigenvalue weighted by Crippen LogP contribution is -2.38. The van der Waals surface area contributed by atoms with E-state index in [0.29, 0.717) is 6.42 Å². The zero-order valence-corrected chi connectivity index (χ0v) is 13.0. The normalized spacial score (nSPS) is 11.9. The van der Waals surface area contributed by atoms with Crippen molar-refractivity contribution in [2.75, 3.05) is 11.9 Å². The summed E-state index contributed by atoms with van der Waals surface area (Å²) >= 11 is 1.65. The Morgan fingerprint density at radius 3 is 2.38 bits per heavy atom. The average molecular weight is 301 g/mol. The molecular weight excluding hydrogens is 282 g/mol. The molecule has 1 atom stereocenters. The molecule has 0 saturated heterocycles. The first kappa shape index (κ1) is 15.4. The van der Waals surface area contributed by atoms with Crippen molar-refractivity contribution in [2.45, 2.75) is 29.2 Å². The molecule has 1 N–H and O–H groups in total. The Labute approximate surface area is 129 Å². The van der Waals surface area contributed by atoms with E-state index >= 15 is 0 Å². The summed E-state index contributed by atoms with van der Waals surface area (Å²) in [6.45, 7) is 1.89. The number of carboxylic acid groups (broad SMARTS) is 1. The number of benzene rings is 2. The third-order valence-electron chi connectivity index (χ3n) is 3.36. The minimum atomic E-state index is -0.792. The monoisotopic (exact) mass is 301 g/mol. The Bertz CT molecular complexity index is 601. The van der Waals surface area contributed by atoms with Crippen molar-refractivity contribution in [3.8, 4) is 0 Å². The largest absolute Gasteiger partial charge is 0.480 e. The molecule has 2 aromatic carbocycles. The van der Waals surface area contributed by atoms with Gasteiger partial charge in [0.1, 0.15) is 6.04 Å². The Morgan fingerprint density at radius 2 is 1.76 bits per heavy atom. The van der Waals surface area contributed by atoms with Gasteiger partial charge in [-0.25, -0.2) is 4.79 Å². The lowest BCUT2D eigenvalue weighted by Gasteiger charge is -2.27. The van der Waals surface area contributed by atoms with E-state index in [1.165, 1.54) is 0 Å². The van der Waals surface area contributed by atoms with Gasteiger partial charge in [0.2, 0.25) is 0 Å². The maximum atomic E-state index is 11.4. The summed E-state index contributed by atoms with van der Waals surface area (Å²) in [6.07, 6.45) is 0.566. The van der Waals surface area contributed by atoms with Gasteiger partial charge in [-0.3, -0.25) is 0 Å². The second kappa shape index (κ2) is 7.18. The van der Waals surface area contributed by atoms with Gasteiger partial charge >= 0.3 is 5.97 Å². The summed E-state index contributed by atoms with van der Waals surface area (Å²) in [5, 5.41) is 9.34. The van der Waals surface area contributed by atoms with E-state index in [-0.39, 0.29) is 0 Å². The van der Waals surface area contributed by atoms with Crippen LogP contribution in [-0.2, 0) is 4.79 Å². The molecule has 0 saturated carbocycles. The van der Waals surface area contributed by atoms with Gasteiger partial charge < -0.3 is 10.0 Å². The molecule has 0 aliphatic rings. The number of nitrogens with zero attached hydrogens (tertiary/aromatic N) is 1. The van der Waals surface area contributed by atoms with E-state index in [4.69, 9.17) is 0 Å². The maximum absolute atomic E-state index is 11.4. The zero-order chi connectivity index (χ0) is 15.2. The number of anilines is 1. The fourth-order valence-corrected chi connectivity index (χ4v) is 3.24. The topological polar surface area (TPSA) is 40.5 Å². The molecule has 3 nitrogen and oxygen atoms in total. The maximum Gasteiger partial charge on any atom is 0.326 e. The van der Waals surface area contributed by atoms with Crippen LogP contribution >= 0.6 is 11.8 Å². The molecule has 0 heterocycles. The summed E-state index contributed by atoms with van der Waals surface area (Å²) in [5.74, 6) is -0.792. The summed E-state index contributed by atoms with van der Waals surface area (Å²) in [5.41, 5.74) is 0.945. The van der Waals surface area contributed by atoms with Crippen molar-refractivity contribution in [1.29, 1.82) is 0 Å². The van der Waals surface area contributed by atoms with Gasteiger partial charge in [-0.1, -0.05) is 49.0 Å². The Balaban J connectivity index is 2.30. The van der Waals surface area contributed by atoms with E-state index in [1.807, 2.05) is 61.3 Å². The molecular formula is C17H19NO2S.